The number of aliphatic hydroxyl groups is 1. The van der Waals surface area contributed by atoms with Gasteiger partial charge in [0.1, 0.15) is 54.4 Å². The third kappa shape index (κ3) is 31.0. The van der Waals surface area contributed by atoms with Crippen molar-refractivity contribution in [1.29, 1.82) is 0 Å². The highest BCUT2D eigenvalue weighted by Gasteiger charge is 2.37. The van der Waals surface area contributed by atoms with E-state index in [0.717, 1.165) is 0 Å². The predicted octanol–water partition coefficient (Wildman–Crippen LogP) is -2.28. The predicted molar refractivity (Wildman–Crippen MR) is 310 cm³/mol. The maximum atomic E-state index is 14.5. The molecule has 0 fully saturated rings. The fourth-order valence-corrected chi connectivity index (χ4v) is 8.60. The molecule has 0 rings (SSSR count). The molecule has 0 saturated carbocycles. The van der Waals surface area contributed by atoms with Crippen molar-refractivity contribution in [1.82, 2.24) is 47.9 Å². The van der Waals surface area contributed by atoms with Gasteiger partial charge >= 0.3 is 0 Å². The van der Waals surface area contributed by atoms with E-state index in [9.17, 15) is 53.1 Å². The number of aliphatic imine (C=N–C) groups is 1. The molecule has 0 aromatic carbocycles. The topological polar surface area (TPSA) is 468 Å². The Morgan fingerprint density at radius 2 is 0.728 bits per heavy atom. The molecule has 22 N–H and O–H groups in total. The molecule has 0 aromatic heterocycles. The van der Waals surface area contributed by atoms with Crippen molar-refractivity contribution in [2.75, 3.05) is 26.2 Å². The van der Waals surface area contributed by atoms with E-state index in [2.05, 4.69) is 52.8 Å². The number of carbonyl (C=O) groups is 10. The monoisotopic (exact) mass is 1150 g/mol. The average Bonchev–Trinajstić information content (AvgIpc) is 3.37. The molecule has 0 bridgehead atoms. The molecule has 466 valence electrons. The lowest BCUT2D eigenvalue weighted by Crippen LogP contribution is -2.62. The zero-order valence-electron chi connectivity index (χ0n) is 50.1. The number of rotatable bonds is 42. The number of hydrogen-bond donors (Lipinski definition) is 16. The quantitative estimate of drug-likeness (QED) is 0.0174. The van der Waals surface area contributed by atoms with Crippen molar-refractivity contribution in [2.45, 2.75) is 220 Å². The molecule has 0 aliphatic rings. The first-order chi connectivity index (χ1) is 37.9. The van der Waals surface area contributed by atoms with Gasteiger partial charge in [-0.05, 0) is 127 Å². The van der Waals surface area contributed by atoms with Crippen molar-refractivity contribution in [2.24, 2.45) is 69.0 Å². The van der Waals surface area contributed by atoms with E-state index in [1.54, 1.807) is 13.8 Å². The first kappa shape index (κ1) is 74.8. The van der Waals surface area contributed by atoms with Crippen LogP contribution in [0.5, 0.6) is 0 Å². The lowest BCUT2D eigenvalue weighted by molar-refractivity contribution is -0.137. The molecule has 0 heterocycles. The molecule has 27 heteroatoms. The summed E-state index contributed by atoms with van der Waals surface area (Å²) in [4.78, 5) is 141. The Labute approximate surface area is 479 Å². The Kier molecular flexibility index (Phi) is 37.0. The minimum absolute atomic E-state index is 0.00517. The fraction of sp³-hybridized carbons (Fsp3) is 0.796. The van der Waals surface area contributed by atoms with Gasteiger partial charge in [0.2, 0.25) is 59.1 Å². The van der Waals surface area contributed by atoms with Gasteiger partial charge in [-0.1, -0.05) is 75.7 Å². The molecule has 0 saturated heterocycles. The number of nitrogens with two attached hydrogens (primary N) is 6. The van der Waals surface area contributed by atoms with Crippen molar-refractivity contribution < 1.29 is 53.1 Å². The normalized spacial score (nSPS) is 15.5. The second kappa shape index (κ2) is 40.1. The minimum Gasteiger partial charge on any atom is -0.391 e. The van der Waals surface area contributed by atoms with Crippen LogP contribution in [0.25, 0.3) is 0 Å². The second-order valence-electron chi connectivity index (χ2n) is 22.7. The van der Waals surface area contributed by atoms with Crippen molar-refractivity contribution in [3.8, 4) is 0 Å². The molecule has 0 spiro atoms. The molecule has 0 aliphatic heterocycles. The SMILES string of the molecule is CC[C@H](C)[C@H](NC(=O)[C@H](CCCN=C(N)N)NC(=O)[C@H](CCCCN)NC(=O)[C@@H](CC(C)C)NC(=O)[C@H](CC(C)C)NC(=O)CN)C(=O)N[C@@H](CCCCN)C(=O)N[C@H](C(=O)N[C@H](CC(C)C)C(=O)N[C@H](CC(C)C)C(N)=O)[C@@H](C)O. The van der Waals surface area contributed by atoms with E-state index in [1.807, 2.05) is 55.4 Å². The van der Waals surface area contributed by atoms with Gasteiger partial charge < -0.3 is 87.4 Å². The van der Waals surface area contributed by atoms with E-state index in [0.29, 0.717) is 32.1 Å². The maximum Gasteiger partial charge on any atom is 0.245 e. The largest absolute Gasteiger partial charge is 0.391 e. The molecule has 0 aromatic rings. The molecule has 27 nitrogen and oxygen atoms in total. The molecule has 81 heavy (non-hydrogen) atoms. The Morgan fingerprint density at radius 3 is 1.10 bits per heavy atom. The third-order valence-corrected chi connectivity index (χ3v) is 13.2. The van der Waals surface area contributed by atoms with Gasteiger partial charge in [-0.15, -0.1) is 0 Å². The maximum absolute atomic E-state index is 14.5. The lowest BCUT2D eigenvalue weighted by Gasteiger charge is -2.30. The van der Waals surface area contributed by atoms with Crippen LogP contribution in [0.2, 0.25) is 0 Å². The molecule has 10 amide bonds. The molecular weight excluding hydrogens is 1050 g/mol. The summed E-state index contributed by atoms with van der Waals surface area (Å²) < 4.78 is 0. The lowest BCUT2D eigenvalue weighted by atomic mass is 9.96. The summed E-state index contributed by atoms with van der Waals surface area (Å²) in [6.45, 7) is 19.7. The number of unbranched alkanes of at least 4 members (excludes halogenated alkanes) is 2. The van der Waals surface area contributed by atoms with Crippen LogP contribution in [0.3, 0.4) is 0 Å². The zero-order chi connectivity index (χ0) is 62.1. The fourth-order valence-electron chi connectivity index (χ4n) is 8.60. The van der Waals surface area contributed by atoms with Gasteiger partial charge in [0.05, 0.1) is 12.6 Å². The van der Waals surface area contributed by atoms with E-state index < -0.39 is 125 Å². The number of carbonyl (C=O) groups excluding carboxylic acids is 10. The highest BCUT2D eigenvalue weighted by atomic mass is 16.3. The molecule has 0 unspecified atom stereocenters. The van der Waals surface area contributed by atoms with Gasteiger partial charge in [-0.25, -0.2) is 0 Å². The Bertz CT molecular complexity index is 2020. The highest BCUT2D eigenvalue weighted by molar-refractivity contribution is 5.98. The molecule has 0 radical (unpaired) electrons. The number of nitrogens with one attached hydrogen (secondary N) is 9. The van der Waals surface area contributed by atoms with Gasteiger partial charge in [0.15, 0.2) is 5.96 Å². The van der Waals surface area contributed by atoms with Crippen molar-refractivity contribution >= 4 is 65.0 Å². The Balaban J connectivity index is 7.03. The van der Waals surface area contributed by atoms with Crippen molar-refractivity contribution in [3.05, 3.63) is 0 Å². The summed E-state index contributed by atoms with van der Waals surface area (Å²) in [6, 6.07) is -11.2. The van der Waals surface area contributed by atoms with Gasteiger partial charge in [0, 0.05) is 6.54 Å². The van der Waals surface area contributed by atoms with Crippen LogP contribution in [-0.2, 0) is 47.9 Å². The summed E-state index contributed by atoms with van der Waals surface area (Å²) in [6.07, 6.45) is 1.45. The number of aliphatic hydroxyl groups excluding tert-OH is 1. The van der Waals surface area contributed by atoms with E-state index in [-0.39, 0.29) is 107 Å². The summed E-state index contributed by atoms with van der Waals surface area (Å²) in [5, 5.41) is 35.0. The number of amides is 10. The third-order valence-electron chi connectivity index (χ3n) is 13.2. The molecule has 11 atom stereocenters. The first-order valence-electron chi connectivity index (χ1n) is 28.8. The van der Waals surface area contributed by atoms with Crippen LogP contribution >= 0.6 is 0 Å². The second-order valence-corrected chi connectivity index (χ2v) is 22.7. The molecule has 0 aliphatic carbocycles. The Morgan fingerprint density at radius 1 is 0.407 bits per heavy atom. The number of nitrogens with zero attached hydrogens (tertiary/aromatic N) is 1. The summed E-state index contributed by atoms with van der Waals surface area (Å²) in [5.74, 6) is -8.52. The van der Waals surface area contributed by atoms with Gasteiger partial charge in [-0.3, -0.25) is 52.9 Å². The first-order valence-corrected chi connectivity index (χ1v) is 28.8. The Hall–Kier alpha value is -6.19. The van der Waals surface area contributed by atoms with Crippen LogP contribution in [0.15, 0.2) is 4.99 Å². The van der Waals surface area contributed by atoms with Crippen LogP contribution in [0.4, 0.5) is 0 Å². The molecular formula is C54H104N16O11. The van der Waals surface area contributed by atoms with Crippen LogP contribution < -0.4 is 82.3 Å². The number of guanidine groups is 1. The van der Waals surface area contributed by atoms with E-state index in [4.69, 9.17) is 34.4 Å². The van der Waals surface area contributed by atoms with Crippen LogP contribution in [0.1, 0.15) is 160 Å². The minimum atomic E-state index is -1.63. The zero-order valence-corrected chi connectivity index (χ0v) is 50.1. The van der Waals surface area contributed by atoms with Crippen LogP contribution in [0, 0.1) is 29.6 Å². The van der Waals surface area contributed by atoms with Crippen LogP contribution in [-0.4, -0.2) is 157 Å². The van der Waals surface area contributed by atoms with Gasteiger partial charge in [0.25, 0.3) is 0 Å². The average molecular weight is 1150 g/mol. The smallest absolute Gasteiger partial charge is 0.245 e. The summed E-state index contributed by atoms with van der Waals surface area (Å²) >= 11 is 0. The van der Waals surface area contributed by atoms with E-state index in [1.165, 1.54) is 6.92 Å². The van der Waals surface area contributed by atoms with Gasteiger partial charge in [-0.2, -0.15) is 0 Å². The number of hydrogen-bond acceptors (Lipinski definition) is 15. The summed E-state index contributed by atoms with van der Waals surface area (Å²) in [5.41, 5.74) is 33.8. The van der Waals surface area contributed by atoms with Crippen molar-refractivity contribution in [3.63, 3.8) is 0 Å². The highest BCUT2D eigenvalue weighted by Crippen LogP contribution is 2.15. The summed E-state index contributed by atoms with van der Waals surface area (Å²) in [7, 11) is 0. The standard InChI is InChI=1S/C54H104N16O11/c1-12-33(10)43(52(80)65-36(19-14-16-22-56)48(76)70-44(34(11)71)53(81)68-41(27-32(8)9)51(79)66-38(45(58)73)24-29(2)3)69-47(75)37(20-17-23-61-54(59)60)63-46(74)35(18-13-15-21-55)64-50(78)40(26-31(6)7)67-49(77)39(25-30(4)5)62-42(72)28-57/h29-41,43-44,71H,12-28,55-57H2,1-11H3,(H2,58,73)(H,62,72)(H,63,74)(H,64,78)(H,65,80)(H,66,79)(H,67,77)(H,68,81)(H,69,75)(H,70,76)(H4,59,60,61)/t33-,34+,35-,36-,37-,38+,39-,40+,41+,43-,44-/m0/s1. The van der Waals surface area contributed by atoms with E-state index >= 15 is 0 Å². The number of primary amides is 1.